The fraction of sp³-hybridized carbons (Fsp3) is 0.646. The van der Waals surface area contributed by atoms with E-state index in [9.17, 15) is 43.5 Å². The second kappa shape index (κ2) is 89.6. The Hall–Kier alpha value is -5.61. The van der Waals surface area contributed by atoms with E-state index >= 15 is 0 Å². The molecule has 4 N–H and O–H groups in total. The van der Waals surface area contributed by atoms with Gasteiger partial charge in [-0.05, 0) is 167 Å². The molecule has 0 aromatic carbocycles. The molecule has 666 valence electrons. The summed E-state index contributed by atoms with van der Waals surface area (Å²) < 4.78 is 61.5. The van der Waals surface area contributed by atoms with Crippen molar-refractivity contribution in [2.24, 2.45) is 0 Å². The van der Waals surface area contributed by atoms with E-state index in [1.54, 1.807) is 0 Å². The smallest absolute Gasteiger partial charge is 0.463 e. The van der Waals surface area contributed by atoms with E-state index in [1.807, 2.05) is 0 Å². The average Bonchev–Trinajstić information content (AvgIpc) is 0.900. The van der Waals surface area contributed by atoms with Crippen LogP contribution in [0.1, 0.15) is 355 Å². The summed E-state index contributed by atoms with van der Waals surface area (Å²) in [5.41, 5.74) is 0. The summed E-state index contributed by atoms with van der Waals surface area (Å²) in [5.74, 6) is -1.60. The first kappa shape index (κ1) is 111. The molecule has 0 spiro atoms. The van der Waals surface area contributed by atoms with Crippen LogP contribution in [-0.4, -0.2) is 95.9 Å². The Morgan fingerprint density at radius 2 is 0.453 bits per heavy atom. The van der Waals surface area contributed by atoms with Gasteiger partial charge >= 0.3 is 33.6 Å². The van der Waals surface area contributed by atoms with Crippen LogP contribution in [0.2, 0.25) is 0 Å². The van der Waals surface area contributed by atoms with Crippen LogP contribution in [-0.2, 0) is 55.8 Å². The molecule has 0 rings (SSSR count). The predicted molar refractivity (Wildman–Crippen MR) is 491 cm³/mol. The highest BCUT2D eigenvalue weighted by molar-refractivity contribution is 7.47. The summed E-state index contributed by atoms with van der Waals surface area (Å²) in [6.45, 7) is 2.43. The maximum Gasteiger partial charge on any atom is 0.472 e. The summed E-state index contributed by atoms with van der Waals surface area (Å²) >= 11 is 0. The van der Waals surface area contributed by atoms with Crippen LogP contribution >= 0.6 is 15.6 Å². The molecule has 16 nitrogen and oxygen atoms in total. The highest BCUT2D eigenvalue weighted by Gasteiger charge is 2.29. The highest BCUT2D eigenvalue weighted by Crippen LogP contribution is 2.45. The van der Waals surface area contributed by atoms with Gasteiger partial charge in [0, 0.05) is 19.3 Å². The van der Waals surface area contributed by atoms with Crippen molar-refractivity contribution in [2.45, 2.75) is 373 Å². The molecule has 117 heavy (non-hydrogen) atoms. The van der Waals surface area contributed by atoms with Gasteiger partial charge in [-0.2, -0.15) is 0 Å². The molecule has 0 radical (unpaired) electrons. The lowest BCUT2D eigenvalue weighted by atomic mass is 10.0. The fourth-order valence-electron chi connectivity index (χ4n) is 11.9. The second-order valence-electron chi connectivity index (χ2n) is 30.0. The first-order valence-electron chi connectivity index (χ1n) is 45.7. The van der Waals surface area contributed by atoms with Crippen LogP contribution in [0, 0.1) is 0 Å². The molecule has 0 bridgehead atoms. The average molecular weight is 1670 g/mol. The normalized spacial score (nSPS) is 14.7. The molecule has 0 aromatic rings. The van der Waals surface area contributed by atoms with E-state index in [0.29, 0.717) is 19.3 Å². The Balaban J connectivity index is 4.73. The van der Waals surface area contributed by atoms with Crippen LogP contribution in [0.4, 0.5) is 0 Å². The van der Waals surface area contributed by atoms with Crippen molar-refractivity contribution in [3.05, 3.63) is 194 Å². The van der Waals surface area contributed by atoms with Crippen molar-refractivity contribution in [1.29, 1.82) is 0 Å². The number of aliphatic hydroxyl groups is 2. The molecule has 0 amide bonds. The van der Waals surface area contributed by atoms with Crippen LogP contribution in [0.15, 0.2) is 194 Å². The van der Waals surface area contributed by atoms with Crippen LogP contribution in [0.5, 0.6) is 0 Å². The molecule has 0 aromatic heterocycles. The Kier molecular flexibility index (Phi) is 85.3. The molecule has 5 unspecified atom stereocenters. The Labute approximate surface area is 712 Å². The third kappa shape index (κ3) is 91.0. The maximum atomic E-state index is 13.1. The van der Waals surface area contributed by atoms with Gasteiger partial charge in [0.15, 0.2) is 6.10 Å². The molecular weight excluding hydrogens is 1510 g/mol. The van der Waals surface area contributed by atoms with Gasteiger partial charge in [0.05, 0.1) is 26.4 Å². The summed E-state index contributed by atoms with van der Waals surface area (Å²) in [7, 11) is -9.83. The van der Waals surface area contributed by atoms with E-state index < -0.39 is 91.5 Å². The molecule has 0 saturated heterocycles. The van der Waals surface area contributed by atoms with Crippen LogP contribution in [0.25, 0.3) is 0 Å². The number of carbonyl (C=O) groups excluding carboxylic acids is 3. The number of allylic oxidation sites excluding steroid dienone is 32. The zero-order valence-electron chi connectivity index (χ0n) is 73.3. The Morgan fingerprint density at radius 1 is 0.248 bits per heavy atom. The third-order valence-electron chi connectivity index (χ3n) is 18.8. The Bertz CT molecular complexity index is 2910. The van der Waals surface area contributed by atoms with Gasteiger partial charge in [-0.1, -0.05) is 363 Å². The lowest BCUT2D eigenvalue weighted by molar-refractivity contribution is -0.161. The van der Waals surface area contributed by atoms with Gasteiger partial charge in [-0.3, -0.25) is 32.5 Å². The first-order chi connectivity index (χ1) is 57.2. The van der Waals surface area contributed by atoms with Gasteiger partial charge in [0.2, 0.25) is 0 Å². The number of phosphoric ester groups is 2. The minimum Gasteiger partial charge on any atom is -0.463 e. The largest absolute Gasteiger partial charge is 0.472 e. The summed E-state index contributed by atoms with van der Waals surface area (Å²) in [6.07, 6.45) is 119. The van der Waals surface area contributed by atoms with E-state index in [0.717, 1.165) is 205 Å². The third-order valence-corrected chi connectivity index (χ3v) is 20.7. The number of phosphoric acid groups is 2. The van der Waals surface area contributed by atoms with Crippen molar-refractivity contribution in [1.82, 2.24) is 0 Å². The number of carbonyl (C=O) groups is 3. The SMILES string of the molecule is CC/C=C\C/C=C\C/C=C\C/C=C\C/C=C\C/C=C\CCCCCCCCCCC(=O)OCC(O)COP(=O)(O)OCC(O)COP(=O)(O)OCC(COC(=O)CCCCCCCCCC/C=C\C/C=C\C/C=C\C/C=C\C/C=C\C/C=C\CC)OC(=O)CCCCCCCCCCCCC/C=C\C/C=C\C/C=C\C/C=C\CCCCC. The minimum atomic E-state index is -4.95. The number of esters is 3. The van der Waals surface area contributed by atoms with Gasteiger partial charge in [0.1, 0.15) is 25.4 Å². The standard InChI is InChI=1S/C99H164O16P2/c1-4-7-10-13-16-19-22-25-28-31-34-37-40-43-46-49-52-55-58-61-64-67-70-73-76-79-82-85-97(102)109-88-94(100)89-111-116(105,106)112-90-95(101)91-113-117(107,108)114-93-96(115-99(104)87-84-81-78-75-72-69-66-63-60-57-54-51-48-45-42-39-36-33-30-27-24-21-18-15-12-9-6-3)92-110-98(103)86-83-80-77-74-71-68-65-62-59-56-53-50-47-44-41-38-35-32-29-26-23-20-17-14-11-8-5-2/h7-8,10-11,16-21,25-30,34-39,43-48,52-53,55-56,94-96,100-101H,4-6,9,12-15,22-24,31-33,40-42,49-51,54,57-93H2,1-3H3,(H,105,106)(H,107,108)/b10-7-,11-8-,19-16-,20-17-,21-18-,28-25-,29-26-,30-27-,37-34-,38-35-,39-36-,46-43-,47-44-,48-45-,55-52-,56-53-. The summed E-state index contributed by atoms with van der Waals surface area (Å²) in [4.78, 5) is 59.0. The van der Waals surface area contributed by atoms with Gasteiger partial charge < -0.3 is 34.2 Å². The number of hydrogen-bond donors (Lipinski definition) is 4. The van der Waals surface area contributed by atoms with Crippen molar-refractivity contribution >= 4 is 33.6 Å². The van der Waals surface area contributed by atoms with Gasteiger partial charge in [0.25, 0.3) is 0 Å². The second-order valence-corrected chi connectivity index (χ2v) is 32.9. The molecule has 5 atom stereocenters. The number of rotatable bonds is 85. The molecule has 0 aliphatic rings. The molecule has 0 saturated carbocycles. The maximum absolute atomic E-state index is 13.1. The quantitative estimate of drug-likeness (QED) is 0.0146. The number of aliphatic hydroxyl groups excluding tert-OH is 2. The molecule has 0 fully saturated rings. The van der Waals surface area contributed by atoms with Gasteiger partial charge in [-0.25, -0.2) is 9.13 Å². The van der Waals surface area contributed by atoms with Crippen LogP contribution in [0.3, 0.4) is 0 Å². The first-order valence-corrected chi connectivity index (χ1v) is 48.7. The van der Waals surface area contributed by atoms with E-state index in [2.05, 4.69) is 215 Å². The highest BCUT2D eigenvalue weighted by atomic mass is 31.2. The topological polar surface area (TPSA) is 231 Å². The lowest BCUT2D eigenvalue weighted by Crippen LogP contribution is -2.30. The zero-order valence-corrected chi connectivity index (χ0v) is 75.1. The Morgan fingerprint density at radius 3 is 0.718 bits per heavy atom. The minimum absolute atomic E-state index is 0.0919. The molecule has 0 aliphatic heterocycles. The van der Waals surface area contributed by atoms with Crippen molar-refractivity contribution in [3.8, 4) is 0 Å². The van der Waals surface area contributed by atoms with Crippen molar-refractivity contribution < 1.29 is 75.8 Å². The molecule has 0 heterocycles. The molecular formula is C99H164O16P2. The molecule has 18 heteroatoms. The van der Waals surface area contributed by atoms with Gasteiger partial charge in [-0.15, -0.1) is 0 Å². The van der Waals surface area contributed by atoms with E-state index in [4.69, 9.17) is 32.3 Å². The van der Waals surface area contributed by atoms with Crippen molar-refractivity contribution in [2.75, 3.05) is 39.6 Å². The fourth-order valence-corrected chi connectivity index (χ4v) is 13.5. The van der Waals surface area contributed by atoms with E-state index in [1.165, 1.54) is 89.9 Å². The number of hydrogen-bond acceptors (Lipinski definition) is 14. The molecule has 0 aliphatic carbocycles. The number of ether oxygens (including phenoxy) is 3. The number of unbranched alkanes of at least 4 members (excludes halogenated alkanes) is 30. The van der Waals surface area contributed by atoms with E-state index in [-0.39, 0.29) is 19.3 Å². The van der Waals surface area contributed by atoms with Crippen molar-refractivity contribution in [3.63, 3.8) is 0 Å². The zero-order chi connectivity index (χ0) is 85.1. The van der Waals surface area contributed by atoms with Crippen LogP contribution < -0.4 is 0 Å². The monoisotopic (exact) mass is 1670 g/mol. The summed E-state index contributed by atoms with van der Waals surface area (Å²) in [5, 5.41) is 20.7. The predicted octanol–water partition coefficient (Wildman–Crippen LogP) is 28.2. The lowest BCUT2D eigenvalue weighted by Gasteiger charge is -2.21. The summed E-state index contributed by atoms with van der Waals surface area (Å²) in [6, 6.07) is 0.